The first-order chi connectivity index (χ1) is 13.1. The van der Waals surface area contributed by atoms with Crippen LogP contribution in [0.1, 0.15) is 31.4 Å². The van der Waals surface area contributed by atoms with Gasteiger partial charge in [0.25, 0.3) is 0 Å². The van der Waals surface area contributed by atoms with Gasteiger partial charge < -0.3 is 19.8 Å². The number of para-hydroxylation sites is 1. The molecule has 2 heterocycles. The molecule has 4 rings (SSSR count). The smallest absolute Gasteiger partial charge is 0.224 e. The largest absolute Gasteiger partial charge is 0.492 e. The predicted octanol–water partition coefficient (Wildman–Crippen LogP) is 4.46. The van der Waals surface area contributed by atoms with Gasteiger partial charge in [-0.05, 0) is 38.0 Å². The van der Waals surface area contributed by atoms with Gasteiger partial charge in [0.15, 0.2) is 0 Å². The molecule has 0 saturated heterocycles. The van der Waals surface area contributed by atoms with Crippen LogP contribution >= 0.6 is 0 Å². The van der Waals surface area contributed by atoms with Gasteiger partial charge >= 0.3 is 0 Å². The number of hydrogen-bond donors (Lipinski definition) is 2. The Bertz CT molecular complexity index is 977. The van der Waals surface area contributed by atoms with Crippen molar-refractivity contribution in [1.29, 1.82) is 0 Å². The van der Waals surface area contributed by atoms with Crippen LogP contribution in [0, 0.1) is 0 Å². The highest BCUT2D eigenvalue weighted by molar-refractivity contribution is 5.93. The number of benzene rings is 2. The Kier molecular flexibility index (Phi) is 4.75. The first-order valence-electron chi connectivity index (χ1n) is 9.45. The molecule has 2 aromatic carbocycles. The van der Waals surface area contributed by atoms with Crippen molar-refractivity contribution in [1.82, 2.24) is 4.98 Å². The third-order valence-corrected chi connectivity index (χ3v) is 4.87. The Morgan fingerprint density at radius 3 is 3.04 bits per heavy atom. The highest BCUT2D eigenvalue weighted by atomic mass is 16.5. The zero-order valence-electron chi connectivity index (χ0n) is 15.7. The van der Waals surface area contributed by atoms with E-state index in [4.69, 9.17) is 9.47 Å². The van der Waals surface area contributed by atoms with Gasteiger partial charge in [0.05, 0.1) is 12.3 Å². The second-order valence-electron chi connectivity index (χ2n) is 6.93. The average Bonchev–Trinajstić information content (AvgIpc) is 3.22. The molecule has 1 aliphatic rings. The van der Waals surface area contributed by atoms with Gasteiger partial charge in [0.2, 0.25) is 5.91 Å². The number of amides is 1. The van der Waals surface area contributed by atoms with E-state index in [0.717, 1.165) is 28.8 Å². The van der Waals surface area contributed by atoms with Crippen molar-refractivity contribution in [3.05, 3.63) is 53.7 Å². The Balaban J connectivity index is 1.47. The summed E-state index contributed by atoms with van der Waals surface area (Å²) in [6, 6.07) is 12.0. The second kappa shape index (κ2) is 7.35. The molecular formula is C22H24N2O3. The van der Waals surface area contributed by atoms with E-state index in [1.807, 2.05) is 50.4 Å². The van der Waals surface area contributed by atoms with Gasteiger partial charge in [0.1, 0.15) is 17.6 Å². The summed E-state index contributed by atoms with van der Waals surface area (Å²) in [5, 5.41) is 4.16. The number of nitrogens with one attached hydrogen (secondary N) is 2. The fraction of sp³-hybridized carbons (Fsp3) is 0.318. The van der Waals surface area contributed by atoms with E-state index in [1.54, 1.807) is 0 Å². The van der Waals surface area contributed by atoms with E-state index >= 15 is 0 Å². The maximum absolute atomic E-state index is 12.5. The van der Waals surface area contributed by atoms with Crippen molar-refractivity contribution in [2.45, 2.75) is 39.2 Å². The number of ether oxygens (including phenoxy) is 2. The quantitative estimate of drug-likeness (QED) is 0.679. The molecular weight excluding hydrogens is 340 g/mol. The molecule has 0 bridgehead atoms. The summed E-state index contributed by atoms with van der Waals surface area (Å²) in [6.45, 7) is 4.53. The van der Waals surface area contributed by atoms with Crippen LogP contribution in [0.15, 0.2) is 42.6 Å². The fourth-order valence-electron chi connectivity index (χ4n) is 3.61. The molecule has 5 heteroatoms. The lowest BCUT2D eigenvalue weighted by atomic mass is 10.1. The molecule has 0 fully saturated rings. The van der Waals surface area contributed by atoms with Gasteiger partial charge in [-0.15, -0.1) is 0 Å². The van der Waals surface area contributed by atoms with Crippen molar-refractivity contribution in [2.75, 3.05) is 11.9 Å². The summed E-state index contributed by atoms with van der Waals surface area (Å²) >= 11 is 0. The topological polar surface area (TPSA) is 63.3 Å². The van der Waals surface area contributed by atoms with Crippen LogP contribution in [0.3, 0.4) is 0 Å². The van der Waals surface area contributed by atoms with Gasteiger partial charge in [-0.1, -0.05) is 18.2 Å². The summed E-state index contributed by atoms with van der Waals surface area (Å²) in [7, 11) is 0. The van der Waals surface area contributed by atoms with Crippen LogP contribution in [-0.2, 0) is 17.6 Å². The molecule has 5 nitrogen and oxygen atoms in total. The second-order valence-corrected chi connectivity index (χ2v) is 6.93. The SMILES string of the molecule is CCOc1cc2c(cc1NC(=O)CCc1c[nH]c3ccccc13)O[C@H](C)C2. The van der Waals surface area contributed by atoms with Crippen molar-refractivity contribution >= 4 is 22.5 Å². The van der Waals surface area contributed by atoms with Crippen LogP contribution in [0.5, 0.6) is 11.5 Å². The normalized spacial score (nSPS) is 15.4. The molecule has 0 aliphatic carbocycles. The molecule has 27 heavy (non-hydrogen) atoms. The van der Waals surface area contributed by atoms with Crippen molar-refractivity contribution in [3.8, 4) is 11.5 Å². The maximum atomic E-state index is 12.5. The number of aryl methyl sites for hydroxylation is 1. The van der Waals surface area contributed by atoms with Crippen LogP contribution in [0.4, 0.5) is 5.69 Å². The minimum Gasteiger partial charge on any atom is -0.492 e. The summed E-state index contributed by atoms with van der Waals surface area (Å²) in [5.41, 5.74) is 4.05. The summed E-state index contributed by atoms with van der Waals surface area (Å²) in [6.07, 6.45) is 4.08. The molecule has 3 aromatic rings. The van der Waals surface area contributed by atoms with Gasteiger partial charge in [-0.2, -0.15) is 0 Å². The van der Waals surface area contributed by atoms with Crippen LogP contribution in [0.25, 0.3) is 10.9 Å². The number of fused-ring (bicyclic) bond motifs is 2. The number of carbonyl (C=O) groups is 1. The predicted molar refractivity (Wildman–Crippen MR) is 107 cm³/mol. The first kappa shape index (κ1) is 17.5. The average molecular weight is 364 g/mol. The highest BCUT2D eigenvalue weighted by Gasteiger charge is 2.22. The Labute approximate surface area is 158 Å². The number of carbonyl (C=O) groups excluding carboxylic acids is 1. The Morgan fingerprint density at radius 2 is 2.19 bits per heavy atom. The van der Waals surface area contributed by atoms with Gasteiger partial charge in [-0.25, -0.2) is 0 Å². The summed E-state index contributed by atoms with van der Waals surface area (Å²) < 4.78 is 11.5. The van der Waals surface area contributed by atoms with E-state index in [9.17, 15) is 4.79 Å². The third-order valence-electron chi connectivity index (χ3n) is 4.87. The first-order valence-corrected chi connectivity index (χ1v) is 9.45. The summed E-state index contributed by atoms with van der Waals surface area (Å²) in [4.78, 5) is 15.8. The molecule has 1 aromatic heterocycles. The lowest BCUT2D eigenvalue weighted by Gasteiger charge is -2.13. The van der Waals surface area contributed by atoms with E-state index < -0.39 is 0 Å². The summed E-state index contributed by atoms with van der Waals surface area (Å²) in [5.74, 6) is 1.50. The molecule has 0 unspecified atom stereocenters. The van der Waals surface area contributed by atoms with Crippen molar-refractivity contribution in [2.24, 2.45) is 0 Å². The van der Waals surface area contributed by atoms with Crippen molar-refractivity contribution in [3.63, 3.8) is 0 Å². The highest BCUT2D eigenvalue weighted by Crippen LogP contribution is 2.38. The Hall–Kier alpha value is -2.95. The standard InChI is InChI=1S/C22H24N2O3/c1-3-26-21-11-16-10-14(2)27-20(16)12-19(21)24-22(25)9-8-15-13-23-18-7-5-4-6-17(15)18/h4-7,11-14,23H,3,8-10H2,1-2H3,(H,24,25)/t14-/m1/s1. The number of rotatable bonds is 6. The number of aromatic nitrogens is 1. The molecule has 2 N–H and O–H groups in total. The van der Waals surface area contributed by atoms with Gasteiger partial charge in [-0.3, -0.25) is 4.79 Å². The van der Waals surface area contributed by atoms with Crippen molar-refractivity contribution < 1.29 is 14.3 Å². The zero-order valence-corrected chi connectivity index (χ0v) is 15.7. The number of hydrogen-bond acceptors (Lipinski definition) is 3. The van der Waals surface area contributed by atoms with E-state index in [-0.39, 0.29) is 12.0 Å². The van der Waals surface area contributed by atoms with E-state index in [0.29, 0.717) is 30.9 Å². The molecule has 1 atom stereocenters. The van der Waals surface area contributed by atoms with E-state index in [1.165, 1.54) is 5.39 Å². The minimum absolute atomic E-state index is 0.0350. The maximum Gasteiger partial charge on any atom is 0.224 e. The minimum atomic E-state index is -0.0350. The third kappa shape index (κ3) is 3.63. The zero-order chi connectivity index (χ0) is 18.8. The monoisotopic (exact) mass is 364 g/mol. The molecule has 1 aliphatic heterocycles. The number of aromatic amines is 1. The lowest BCUT2D eigenvalue weighted by Crippen LogP contribution is -2.13. The van der Waals surface area contributed by atoms with Gasteiger partial charge in [0, 0.05) is 41.6 Å². The molecule has 0 radical (unpaired) electrons. The molecule has 0 spiro atoms. The molecule has 0 saturated carbocycles. The van der Waals surface area contributed by atoms with E-state index in [2.05, 4.69) is 16.4 Å². The van der Waals surface area contributed by atoms with Crippen LogP contribution < -0.4 is 14.8 Å². The number of anilines is 1. The van der Waals surface area contributed by atoms with Crippen LogP contribution in [-0.4, -0.2) is 23.6 Å². The fourth-order valence-corrected chi connectivity index (χ4v) is 3.61. The molecule has 140 valence electrons. The molecule has 1 amide bonds. The van der Waals surface area contributed by atoms with Crippen LogP contribution in [0.2, 0.25) is 0 Å². The lowest BCUT2D eigenvalue weighted by molar-refractivity contribution is -0.116. The Morgan fingerprint density at radius 1 is 1.33 bits per heavy atom. The number of H-pyrrole nitrogens is 1.